The second-order valence-corrected chi connectivity index (χ2v) is 20.7. The Bertz CT molecular complexity index is 2840. The van der Waals surface area contributed by atoms with E-state index < -0.39 is 23.4 Å². The Morgan fingerprint density at radius 3 is 2.42 bits per heavy atom. The van der Waals surface area contributed by atoms with Gasteiger partial charge in [0.1, 0.15) is 28.8 Å². The fourth-order valence-corrected chi connectivity index (χ4v) is 11.6. The number of benzene rings is 3. The number of carbonyl (C=O) groups is 3. The first-order valence-electron chi connectivity index (χ1n) is 24.9. The van der Waals surface area contributed by atoms with Gasteiger partial charge < -0.3 is 39.3 Å². The number of amides is 3. The second-order valence-electron chi connectivity index (χ2n) is 20.7. The first kappa shape index (κ1) is 45.5. The smallest absolute Gasteiger partial charge is 0.319 e. The molecule has 15 nitrogen and oxygen atoms in total. The van der Waals surface area contributed by atoms with Gasteiger partial charge in [0.05, 0.1) is 29.8 Å². The number of β-amino-alcohol motifs (C(OH)–C–C–N with tert-alkyl or cyclic N) is 1. The third-order valence-corrected chi connectivity index (χ3v) is 15.6. The van der Waals surface area contributed by atoms with Crippen molar-refractivity contribution >= 4 is 50.9 Å². The Labute approximate surface area is 401 Å². The van der Waals surface area contributed by atoms with Crippen molar-refractivity contribution in [2.75, 3.05) is 62.2 Å². The predicted octanol–water partition coefficient (Wildman–Crippen LogP) is 6.67. The molecule has 11 rings (SSSR count). The average molecular weight is 941 g/mol. The first-order chi connectivity index (χ1) is 33.3. The number of hydrogen-bond acceptors (Lipinski definition) is 13. The van der Waals surface area contributed by atoms with E-state index in [1.54, 1.807) is 23.2 Å². The lowest BCUT2D eigenvalue weighted by atomic mass is 9.94. The number of fused-ring (bicyclic) bond motifs is 3. The highest BCUT2D eigenvalue weighted by molar-refractivity contribution is 6.06. The minimum Gasteiger partial charge on any atom is -0.508 e. The number of nitrogens with zero attached hydrogens (tertiary/aromatic N) is 7. The van der Waals surface area contributed by atoms with Gasteiger partial charge in [0.2, 0.25) is 11.8 Å². The molecule has 7 heterocycles. The highest BCUT2D eigenvalue weighted by Gasteiger charge is 2.46. The van der Waals surface area contributed by atoms with E-state index in [1.165, 1.54) is 0 Å². The van der Waals surface area contributed by atoms with Crippen molar-refractivity contribution in [2.45, 2.75) is 115 Å². The Kier molecular flexibility index (Phi) is 11.9. The largest absolute Gasteiger partial charge is 0.508 e. The number of imide groups is 1. The van der Waals surface area contributed by atoms with Gasteiger partial charge in [0.25, 0.3) is 5.91 Å². The second kappa shape index (κ2) is 18.1. The fraction of sp³-hybridized carbons (Fsp3) is 0.509. The zero-order valence-electron chi connectivity index (χ0n) is 39.5. The van der Waals surface area contributed by atoms with E-state index in [-0.39, 0.29) is 58.8 Å². The Morgan fingerprint density at radius 2 is 1.68 bits per heavy atom. The maximum absolute atomic E-state index is 17.1. The number of aromatic hydroxyl groups is 1. The fourth-order valence-electron chi connectivity index (χ4n) is 11.6. The lowest BCUT2D eigenvalue weighted by molar-refractivity contribution is -0.136. The zero-order valence-corrected chi connectivity index (χ0v) is 39.5. The van der Waals surface area contributed by atoms with Crippen LogP contribution in [0.1, 0.15) is 99.5 Å². The lowest BCUT2D eigenvalue weighted by Crippen LogP contribution is -2.52. The predicted molar refractivity (Wildman–Crippen MR) is 259 cm³/mol. The maximum atomic E-state index is 17.1. The molecule has 362 valence electrons. The van der Waals surface area contributed by atoms with Crippen LogP contribution in [0.4, 0.5) is 15.9 Å². The highest BCUT2D eigenvalue weighted by atomic mass is 19.1. The zero-order chi connectivity index (χ0) is 47.6. The van der Waals surface area contributed by atoms with Crippen molar-refractivity contribution in [1.82, 2.24) is 30.1 Å². The number of nitrogens with one attached hydrogen (secondary N) is 1. The van der Waals surface area contributed by atoms with Crippen LogP contribution >= 0.6 is 0 Å². The van der Waals surface area contributed by atoms with Crippen LogP contribution in [0.5, 0.6) is 11.8 Å². The summed E-state index contributed by atoms with van der Waals surface area (Å²) in [6, 6.07) is 14.6. The van der Waals surface area contributed by atoms with E-state index in [4.69, 9.17) is 19.4 Å². The van der Waals surface area contributed by atoms with Crippen LogP contribution in [-0.4, -0.2) is 129 Å². The normalized spacial score (nSPS) is 23.5. The summed E-state index contributed by atoms with van der Waals surface area (Å²) in [4.78, 5) is 60.2. The molecule has 5 aromatic rings. The molecule has 1 saturated carbocycles. The molecule has 1 aliphatic carbocycles. The van der Waals surface area contributed by atoms with Gasteiger partial charge in [0, 0.05) is 87.2 Å². The summed E-state index contributed by atoms with van der Waals surface area (Å²) in [5, 5.41) is 26.3. The van der Waals surface area contributed by atoms with Crippen LogP contribution in [-0.2, 0) is 27.3 Å². The van der Waals surface area contributed by atoms with Crippen LogP contribution in [0, 0.1) is 11.2 Å². The SMILES string of the molecule is CCc1cccc2cc(O)cc(-c3ncc4c(N5CCC[C@@](C)(O)C5)nc(OCC5(CN6CCC(OC7CCN(c8ccc9c(c8)CN([C@H]8CCC(=O)NC8=O)C9=O)CC7)CC6)CC5)nc4c3F)c12. The highest BCUT2D eigenvalue weighted by Crippen LogP contribution is 2.47. The van der Waals surface area contributed by atoms with Gasteiger partial charge in [-0.2, -0.15) is 9.97 Å². The van der Waals surface area contributed by atoms with Gasteiger partial charge in [-0.1, -0.05) is 25.1 Å². The number of rotatable bonds is 12. The molecule has 69 heavy (non-hydrogen) atoms. The van der Waals surface area contributed by atoms with Gasteiger partial charge in [-0.3, -0.25) is 24.7 Å². The van der Waals surface area contributed by atoms with Gasteiger partial charge in [-0.05, 0) is 123 Å². The monoisotopic (exact) mass is 940 g/mol. The summed E-state index contributed by atoms with van der Waals surface area (Å²) in [7, 11) is 0. The molecule has 3 amide bonds. The number of phenols is 1. The Balaban J connectivity index is 0.717. The van der Waals surface area contributed by atoms with Crippen molar-refractivity contribution < 1.29 is 38.5 Å². The molecule has 6 aliphatic rings. The van der Waals surface area contributed by atoms with E-state index in [0.29, 0.717) is 61.4 Å². The van der Waals surface area contributed by atoms with Crippen molar-refractivity contribution in [3.8, 4) is 23.0 Å². The summed E-state index contributed by atoms with van der Waals surface area (Å²) in [5.74, 6) is -0.943. The van der Waals surface area contributed by atoms with E-state index >= 15 is 4.39 Å². The number of aryl methyl sites for hydroxylation is 1. The standard InChI is InChI=1S/C53H61FN8O7/c1-3-32-6-4-7-33-25-36(63)26-40(44(32)33)46-45(54)47-41(27-55-46)48(61-19-5-16-52(2,67)29-61)58-51(57-47)68-31-53(17-18-53)30-59-20-12-37(13-21-59)69-38-14-22-60(23-15-38)35-8-9-39-34(24-35)28-62(50(39)66)42-10-11-43(64)56-49(42)65/h4,6-9,24-27,37-38,42,63,67H,3,5,10-23,28-31H2,1-2H3,(H,56,64,65)/t42-,52+/m0/s1. The quantitative estimate of drug-likeness (QED) is 0.113. The molecule has 0 spiro atoms. The number of anilines is 2. The van der Waals surface area contributed by atoms with E-state index in [0.717, 1.165) is 112 Å². The van der Waals surface area contributed by atoms with Crippen LogP contribution in [0.25, 0.3) is 32.9 Å². The van der Waals surface area contributed by atoms with Gasteiger partial charge in [-0.15, -0.1) is 0 Å². The van der Waals surface area contributed by atoms with E-state index in [2.05, 4.69) is 33.1 Å². The number of ether oxygens (including phenoxy) is 2. The molecule has 3 aromatic carbocycles. The summed E-state index contributed by atoms with van der Waals surface area (Å²) in [6.07, 6.45) is 10.5. The molecular formula is C53H61FN8O7. The van der Waals surface area contributed by atoms with Crippen LogP contribution in [0.15, 0.2) is 54.7 Å². The average Bonchev–Trinajstić information content (AvgIpc) is 4.03. The number of aromatic nitrogens is 3. The lowest BCUT2D eigenvalue weighted by Gasteiger charge is -2.38. The van der Waals surface area contributed by atoms with Crippen LogP contribution < -0.4 is 19.9 Å². The van der Waals surface area contributed by atoms with Crippen molar-refractivity contribution in [3.05, 3.63) is 77.2 Å². The number of phenolic OH excluding ortho intramolecular Hbond substituents is 1. The Morgan fingerprint density at radius 1 is 0.899 bits per heavy atom. The van der Waals surface area contributed by atoms with E-state index in [1.807, 2.05) is 42.2 Å². The summed E-state index contributed by atoms with van der Waals surface area (Å²) >= 11 is 0. The molecule has 2 aromatic heterocycles. The molecule has 2 atom stereocenters. The third kappa shape index (κ3) is 9.07. The number of halogens is 1. The van der Waals surface area contributed by atoms with E-state index in [9.17, 15) is 24.6 Å². The molecule has 0 bridgehead atoms. The molecule has 16 heteroatoms. The summed E-state index contributed by atoms with van der Waals surface area (Å²) in [6.45, 7) is 10.1. The van der Waals surface area contributed by atoms with Gasteiger partial charge in [0.15, 0.2) is 5.82 Å². The summed E-state index contributed by atoms with van der Waals surface area (Å²) in [5.41, 5.74) is 3.33. The van der Waals surface area contributed by atoms with Crippen molar-refractivity contribution in [1.29, 1.82) is 0 Å². The molecule has 3 N–H and O–H groups in total. The molecule has 5 aliphatic heterocycles. The summed E-state index contributed by atoms with van der Waals surface area (Å²) < 4.78 is 30.3. The van der Waals surface area contributed by atoms with Crippen molar-refractivity contribution in [2.24, 2.45) is 5.41 Å². The number of piperidine rings is 4. The topological polar surface area (TPSA) is 174 Å². The molecule has 5 fully saturated rings. The van der Waals surface area contributed by atoms with Gasteiger partial charge in [-0.25, -0.2) is 4.39 Å². The molecular weight excluding hydrogens is 880 g/mol. The maximum Gasteiger partial charge on any atom is 0.319 e. The Hall–Kier alpha value is -5.97. The molecule has 0 unspecified atom stereocenters. The number of aliphatic hydroxyl groups is 1. The third-order valence-electron chi connectivity index (χ3n) is 15.6. The van der Waals surface area contributed by atoms with Gasteiger partial charge >= 0.3 is 6.01 Å². The first-order valence-corrected chi connectivity index (χ1v) is 24.9. The number of pyridine rings is 1. The number of hydrogen-bond donors (Lipinski definition) is 3. The van der Waals surface area contributed by atoms with Crippen molar-refractivity contribution in [3.63, 3.8) is 0 Å². The number of likely N-dealkylation sites (tertiary alicyclic amines) is 1. The van der Waals surface area contributed by atoms with Crippen LogP contribution in [0.3, 0.4) is 0 Å². The number of carbonyl (C=O) groups excluding carboxylic acids is 3. The molecule has 4 saturated heterocycles. The minimum atomic E-state index is -0.936. The molecule has 0 radical (unpaired) electrons. The minimum absolute atomic E-state index is 0.0244. The van der Waals surface area contributed by atoms with Crippen LogP contribution in [0.2, 0.25) is 0 Å².